The predicted octanol–water partition coefficient (Wildman–Crippen LogP) is 2.17. The number of amides is 1. The van der Waals surface area contributed by atoms with Crippen molar-refractivity contribution < 1.29 is 9.32 Å². The average Bonchev–Trinajstić information content (AvgIpc) is 3.29. The van der Waals surface area contributed by atoms with Crippen LogP contribution in [0, 0.1) is 0 Å². The molecule has 0 bridgehead atoms. The Morgan fingerprint density at radius 2 is 2.08 bits per heavy atom. The highest BCUT2D eigenvalue weighted by Gasteiger charge is 2.16. The first kappa shape index (κ1) is 17.2. The van der Waals surface area contributed by atoms with Crippen molar-refractivity contribution >= 4 is 17.7 Å². The molecule has 0 saturated carbocycles. The Kier molecular flexibility index (Phi) is 5.44. The average molecular weight is 358 g/mol. The maximum Gasteiger partial charge on any atom is 0.246 e. The van der Waals surface area contributed by atoms with E-state index < -0.39 is 0 Å². The van der Waals surface area contributed by atoms with E-state index in [1.165, 1.54) is 11.8 Å². The number of thioether (sulfide) groups is 1. The normalized spacial score (nSPS) is 10.8. The molecule has 1 N–H and O–H groups in total. The molecule has 1 aromatic carbocycles. The van der Waals surface area contributed by atoms with Crippen LogP contribution in [0.1, 0.15) is 18.6 Å². The molecule has 0 spiro atoms. The maximum absolute atomic E-state index is 12.2. The fourth-order valence-corrected chi connectivity index (χ4v) is 2.81. The molecule has 0 aliphatic carbocycles. The number of rotatable bonds is 7. The number of benzene rings is 1. The number of hydrogen-bond donors (Lipinski definition) is 1. The van der Waals surface area contributed by atoms with Gasteiger partial charge in [-0.2, -0.15) is 4.98 Å². The number of carbonyl (C=O) groups is 1. The lowest BCUT2D eigenvalue weighted by Crippen LogP contribution is -2.28. The number of aryl methyl sites for hydroxylation is 1. The van der Waals surface area contributed by atoms with Crippen LogP contribution in [0.4, 0.5) is 0 Å². The predicted molar refractivity (Wildman–Crippen MR) is 92.7 cm³/mol. The number of nitrogens with zero attached hydrogens (tertiary/aromatic N) is 5. The Bertz CT molecular complexity index is 832. The first-order valence-corrected chi connectivity index (χ1v) is 8.80. The van der Waals surface area contributed by atoms with Crippen LogP contribution in [-0.4, -0.2) is 48.9 Å². The second-order valence-electron chi connectivity index (χ2n) is 5.33. The van der Waals surface area contributed by atoms with E-state index in [2.05, 4.69) is 25.3 Å². The third-order valence-corrected chi connectivity index (χ3v) is 4.30. The Morgan fingerprint density at radius 1 is 1.28 bits per heavy atom. The number of carbonyl (C=O) groups excluding carboxylic acids is 1. The van der Waals surface area contributed by atoms with Crippen molar-refractivity contribution in [2.45, 2.75) is 25.0 Å². The molecule has 1 amide bonds. The van der Waals surface area contributed by atoms with Crippen molar-refractivity contribution in [3.05, 3.63) is 42.0 Å². The first-order chi connectivity index (χ1) is 12.2. The molecule has 8 nitrogen and oxygen atoms in total. The van der Waals surface area contributed by atoms with Crippen molar-refractivity contribution in [2.24, 2.45) is 0 Å². The van der Waals surface area contributed by atoms with E-state index in [4.69, 9.17) is 4.52 Å². The zero-order valence-corrected chi connectivity index (χ0v) is 14.8. The largest absolute Gasteiger partial charge is 0.337 e. The van der Waals surface area contributed by atoms with E-state index in [1.807, 2.05) is 37.3 Å². The Morgan fingerprint density at radius 3 is 2.80 bits per heavy atom. The highest BCUT2D eigenvalue weighted by Crippen LogP contribution is 2.16. The number of aromatic nitrogens is 5. The standard InChI is InChI=1S/C16H18N6O2S/c1-3-12-17-16(20-19-12)25-10-14(23)22(2)9-13-18-15(21-24-13)11-7-5-4-6-8-11/h4-8H,3,9-10H2,1-2H3,(H,17,19,20). The van der Waals surface area contributed by atoms with Gasteiger partial charge in [0, 0.05) is 19.0 Å². The molecule has 0 aliphatic heterocycles. The van der Waals surface area contributed by atoms with E-state index in [-0.39, 0.29) is 18.2 Å². The summed E-state index contributed by atoms with van der Waals surface area (Å²) < 4.78 is 5.23. The van der Waals surface area contributed by atoms with Crippen LogP contribution in [0.25, 0.3) is 11.4 Å². The smallest absolute Gasteiger partial charge is 0.246 e. The highest BCUT2D eigenvalue weighted by atomic mass is 32.2. The number of hydrogen-bond acceptors (Lipinski definition) is 7. The van der Waals surface area contributed by atoms with Crippen LogP contribution in [0.2, 0.25) is 0 Å². The summed E-state index contributed by atoms with van der Waals surface area (Å²) in [6, 6.07) is 9.55. The molecule has 3 rings (SSSR count). The van der Waals surface area contributed by atoms with Crippen molar-refractivity contribution in [2.75, 3.05) is 12.8 Å². The third kappa shape index (κ3) is 4.44. The van der Waals surface area contributed by atoms with Crippen LogP contribution in [0.15, 0.2) is 40.0 Å². The summed E-state index contributed by atoms with van der Waals surface area (Å²) in [6.07, 6.45) is 0.780. The van der Waals surface area contributed by atoms with Gasteiger partial charge in [-0.25, -0.2) is 4.98 Å². The number of aromatic amines is 1. The van der Waals surface area contributed by atoms with Gasteiger partial charge in [-0.05, 0) is 0 Å². The Labute approximate surface area is 149 Å². The minimum atomic E-state index is -0.0627. The second kappa shape index (κ2) is 7.93. The minimum Gasteiger partial charge on any atom is -0.337 e. The van der Waals surface area contributed by atoms with Crippen LogP contribution in [0.3, 0.4) is 0 Å². The van der Waals surface area contributed by atoms with Crippen LogP contribution >= 0.6 is 11.8 Å². The molecule has 0 saturated heterocycles. The summed E-state index contributed by atoms with van der Waals surface area (Å²) in [6.45, 7) is 2.25. The monoisotopic (exact) mass is 358 g/mol. The second-order valence-corrected chi connectivity index (χ2v) is 6.28. The zero-order chi connectivity index (χ0) is 17.6. The van der Waals surface area contributed by atoms with Crippen LogP contribution < -0.4 is 0 Å². The minimum absolute atomic E-state index is 0.0627. The van der Waals surface area contributed by atoms with E-state index in [9.17, 15) is 4.79 Å². The van der Waals surface area contributed by atoms with Gasteiger partial charge in [-0.15, -0.1) is 5.10 Å². The van der Waals surface area contributed by atoms with Crippen molar-refractivity contribution in [1.29, 1.82) is 0 Å². The quantitative estimate of drug-likeness (QED) is 0.646. The maximum atomic E-state index is 12.2. The Balaban J connectivity index is 1.54. The lowest BCUT2D eigenvalue weighted by molar-refractivity contribution is -0.127. The van der Waals surface area contributed by atoms with Crippen LogP contribution in [-0.2, 0) is 17.8 Å². The third-order valence-electron chi connectivity index (χ3n) is 3.47. The first-order valence-electron chi connectivity index (χ1n) is 7.81. The van der Waals surface area contributed by atoms with E-state index in [0.717, 1.165) is 17.8 Å². The van der Waals surface area contributed by atoms with E-state index in [0.29, 0.717) is 16.9 Å². The molecule has 0 atom stereocenters. The van der Waals surface area contributed by atoms with Crippen molar-refractivity contribution in [1.82, 2.24) is 30.2 Å². The molecule has 0 aliphatic rings. The summed E-state index contributed by atoms with van der Waals surface area (Å²) in [7, 11) is 1.70. The van der Waals surface area contributed by atoms with Gasteiger partial charge in [0.2, 0.25) is 22.8 Å². The van der Waals surface area contributed by atoms with Gasteiger partial charge in [0.1, 0.15) is 5.82 Å². The SMILES string of the molecule is CCc1nc(SCC(=O)N(C)Cc2nc(-c3ccccc3)no2)n[nH]1. The van der Waals surface area contributed by atoms with Gasteiger partial charge >= 0.3 is 0 Å². The zero-order valence-electron chi connectivity index (χ0n) is 14.0. The summed E-state index contributed by atoms with van der Waals surface area (Å²) >= 11 is 1.29. The molecular formula is C16H18N6O2S. The molecule has 0 fully saturated rings. The molecule has 3 aromatic rings. The van der Waals surface area contributed by atoms with E-state index in [1.54, 1.807) is 11.9 Å². The number of nitrogens with one attached hydrogen (secondary N) is 1. The summed E-state index contributed by atoms with van der Waals surface area (Å²) in [5.74, 6) is 1.90. The molecule has 130 valence electrons. The van der Waals surface area contributed by atoms with Crippen LogP contribution in [0.5, 0.6) is 0 Å². The summed E-state index contributed by atoms with van der Waals surface area (Å²) in [4.78, 5) is 22.4. The topological polar surface area (TPSA) is 101 Å². The molecule has 25 heavy (non-hydrogen) atoms. The molecule has 0 radical (unpaired) electrons. The Hall–Kier alpha value is -2.68. The molecular weight excluding hydrogens is 340 g/mol. The van der Waals surface area contributed by atoms with Crippen molar-refractivity contribution in [3.63, 3.8) is 0 Å². The summed E-state index contributed by atoms with van der Waals surface area (Å²) in [5.41, 5.74) is 0.873. The fourth-order valence-electron chi connectivity index (χ4n) is 2.05. The van der Waals surface area contributed by atoms with Crippen molar-refractivity contribution in [3.8, 4) is 11.4 Å². The molecule has 2 heterocycles. The molecule has 2 aromatic heterocycles. The fraction of sp³-hybridized carbons (Fsp3) is 0.312. The van der Waals surface area contributed by atoms with Gasteiger partial charge in [-0.3, -0.25) is 9.89 Å². The van der Waals surface area contributed by atoms with Gasteiger partial charge in [0.15, 0.2) is 0 Å². The van der Waals surface area contributed by atoms with E-state index >= 15 is 0 Å². The number of H-pyrrole nitrogens is 1. The summed E-state index contributed by atoms with van der Waals surface area (Å²) in [5, 5.41) is 11.4. The molecule has 9 heteroatoms. The van der Waals surface area contributed by atoms with Gasteiger partial charge in [0.25, 0.3) is 0 Å². The highest BCUT2D eigenvalue weighted by molar-refractivity contribution is 7.99. The lowest BCUT2D eigenvalue weighted by Gasteiger charge is -2.13. The van der Waals surface area contributed by atoms with Gasteiger partial charge in [-0.1, -0.05) is 54.2 Å². The lowest BCUT2D eigenvalue weighted by atomic mass is 10.2. The van der Waals surface area contributed by atoms with Gasteiger partial charge < -0.3 is 9.42 Å². The molecule has 0 unspecified atom stereocenters. The van der Waals surface area contributed by atoms with Gasteiger partial charge in [0.05, 0.1) is 12.3 Å².